The third-order valence-corrected chi connectivity index (χ3v) is 5.33. The maximum absolute atomic E-state index is 3.84. The smallest absolute Gasteiger partial charge is 0.0249 e. The zero-order chi connectivity index (χ0) is 13.5. The Morgan fingerprint density at radius 1 is 0.947 bits per heavy atom. The molecule has 2 fully saturated rings. The van der Waals surface area contributed by atoms with Crippen molar-refractivity contribution >= 4 is 0 Å². The van der Waals surface area contributed by atoms with Gasteiger partial charge in [0.05, 0.1) is 0 Å². The van der Waals surface area contributed by atoms with Gasteiger partial charge in [0, 0.05) is 12.1 Å². The van der Waals surface area contributed by atoms with Crippen LogP contribution in [0.2, 0.25) is 0 Å². The van der Waals surface area contributed by atoms with E-state index in [0.717, 1.165) is 18.0 Å². The minimum Gasteiger partial charge on any atom is -0.312 e. The monoisotopic (exact) mass is 266 g/mol. The SMILES string of the molecule is CCCNC1CCCCCC1N1CCC(CC)CC1. The van der Waals surface area contributed by atoms with Gasteiger partial charge in [-0.3, -0.25) is 4.90 Å². The first kappa shape index (κ1) is 15.3. The van der Waals surface area contributed by atoms with Crippen molar-refractivity contribution in [1.82, 2.24) is 10.2 Å². The molecule has 1 aliphatic heterocycles. The predicted molar refractivity (Wildman–Crippen MR) is 83.5 cm³/mol. The Kier molecular flexibility index (Phi) is 6.66. The Bertz CT molecular complexity index is 233. The van der Waals surface area contributed by atoms with Gasteiger partial charge in [-0.15, -0.1) is 0 Å². The molecule has 19 heavy (non-hydrogen) atoms. The summed E-state index contributed by atoms with van der Waals surface area (Å²) in [5.41, 5.74) is 0. The molecule has 0 aromatic heterocycles. The lowest BCUT2D eigenvalue weighted by atomic mass is 9.91. The summed E-state index contributed by atoms with van der Waals surface area (Å²) in [6, 6.07) is 1.59. The first-order valence-electron chi connectivity index (χ1n) is 8.82. The molecule has 0 radical (unpaired) electrons. The third-order valence-electron chi connectivity index (χ3n) is 5.33. The number of nitrogens with zero attached hydrogens (tertiary/aromatic N) is 1. The Morgan fingerprint density at radius 3 is 2.37 bits per heavy atom. The molecule has 1 N–H and O–H groups in total. The number of hydrogen-bond donors (Lipinski definition) is 1. The lowest BCUT2D eigenvalue weighted by Crippen LogP contribution is -2.52. The van der Waals surface area contributed by atoms with Gasteiger partial charge in [-0.25, -0.2) is 0 Å². The summed E-state index contributed by atoms with van der Waals surface area (Å²) in [5, 5.41) is 3.84. The molecular weight excluding hydrogens is 232 g/mol. The Morgan fingerprint density at radius 2 is 1.68 bits per heavy atom. The second-order valence-corrected chi connectivity index (χ2v) is 6.65. The van der Waals surface area contributed by atoms with Crippen LogP contribution in [-0.4, -0.2) is 36.6 Å². The molecule has 1 heterocycles. The molecule has 0 bridgehead atoms. The van der Waals surface area contributed by atoms with E-state index in [2.05, 4.69) is 24.1 Å². The van der Waals surface area contributed by atoms with Gasteiger partial charge in [0.1, 0.15) is 0 Å². The van der Waals surface area contributed by atoms with E-state index in [4.69, 9.17) is 0 Å². The fourth-order valence-corrected chi connectivity index (χ4v) is 3.99. The quantitative estimate of drug-likeness (QED) is 0.761. The van der Waals surface area contributed by atoms with Gasteiger partial charge in [-0.1, -0.05) is 39.5 Å². The largest absolute Gasteiger partial charge is 0.312 e. The van der Waals surface area contributed by atoms with E-state index in [9.17, 15) is 0 Å². The van der Waals surface area contributed by atoms with E-state index in [-0.39, 0.29) is 0 Å². The van der Waals surface area contributed by atoms with Crippen molar-refractivity contribution in [3.8, 4) is 0 Å². The van der Waals surface area contributed by atoms with E-state index in [1.807, 2.05) is 0 Å². The van der Waals surface area contributed by atoms with Gasteiger partial charge in [-0.2, -0.15) is 0 Å². The summed E-state index contributed by atoms with van der Waals surface area (Å²) in [6.45, 7) is 8.55. The van der Waals surface area contributed by atoms with Gasteiger partial charge in [-0.05, 0) is 57.7 Å². The van der Waals surface area contributed by atoms with Crippen molar-refractivity contribution in [3.05, 3.63) is 0 Å². The van der Waals surface area contributed by atoms with Crippen molar-refractivity contribution < 1.29 is 0 Å². The van der Waals surface area contributed by atoms with Crippen LogP contribution < -0.4 is 5.32 Å². The molecule has 1 saturated heterocycles. The highest BCUT2D eigenvalue weighted by molar-refractivity contribution is 4.89. The first-order valence-corrected chi connectivity index (χ1v) is 8.82. The van der Waals surface area contributed by atoms with Crippen LogP contribution in [-0.2, 0) is 0 Å². The molecular formula is C17H34N2. The fraction of sp³-hybridized carbons (Fsp3) is 1.00. The van der Waals surface area contributed by atoms with Crippen LogP contribution in [0.3, 0.4) is 0 Å². The summed E-state index contributed by atoms with van der Waals surface area (Å²) in [5.74, 6) is 1.00. The highest BCUT2D eigenvalue weighted by atomic mass is 15.2. The lowest BCUT2D eigenvalue weighted by Gasteiger charge is -2.41. The third kappa shape index (κ3) is 4.46. The highest BCUT2D eigenvalue weighted by Gasteiger charge is 2.30. The summed E-state index contributed by atoms with van der Waals surface area (Å²) in [7, 11) is 0. The van der Waals surface area contributed by atoms with Crippen LogP contribution in [0.4, 0.5) is 0 Å². The van der Waals surface area contributed by atoms with Crippen LogP contribution in [0.5, 0.6) is 0 Å². The predicted octanol–water partition coefficient (Wildman–Crippen LogP) is 3.81. The summed E-state index contributed by atoms with van der Waals surface area (Å²) >= 11 is 0. The molecule has 2 atom stereocenters. The number of piperidine rings is 1. The fourth-order valence-electron chi connectivity index (χ4n) is 3.99. The van der Waals surface area contributed by atoms with E-state index in [1.165, 1.54) is 77.4 Å². The van der Waals surface area contributed by atoms with Gasteiger partial charge in [0.2, 0.25) is 0 Å². The van der Waals surface area contributed by atoms with Crippen molar-refractivity contribution in [1.29, 1.82) is 0 Å². The van der Waals surface area contributed by atoms with E-state index in [0.29, 0.717) is 0 Å². The molecule has 1 aliphatic carbocycles. The Labute approximate surface area is 120 Å². The van der Waals surface area contributed by atoms with Crippen molar-refractivity contribution in [2.75, 3.05) is 19.6 Å². The van der Waals surface area contributed by atoms with Crippen molar-refractivity contribution in [2.24, 2.45) is 5.92 Å². The Balaban J connectivity index is 1.89. The molecule has 0 amide bonds. The topological polar surface area (TPSA) is 15.3 Å². The standard InChI is InChI=1S/C17H34N2/c1-3-12-18-16-8-6-5-7-9-17(16)19-13-10-15(4-2)11-14-19/h15-18H,3-14H2,1-2H3. The molecule has 112 valence electrons. The molecule has 1 saturated carbocycles. The second kappa shape index (κ2) is 8.26. The number of hydrogen-bond acceptors (Lipinski definition) is 2. The van der Waals surface area contributed by atoms with Crippen molar-refractivity contribution in [2.45, 2.75) is 83.7 Å². The van der Waals surface area contributed by atoms with Gasteiger partial charge in [0.15, 0.2) is 0 Å². The average Bonchev–Trinajstić information content (AvgIpc) is 2.70. The summed E-state index contributed by atoms with van der Waals surface area (Å²) in [4.78, 5) is 2.82. The molecule has 2 heteroatoms. The molecule has 2 rings (SSSR count). The molecule has 2 aliphatic rings. The van der Waals surface area contributed by atoms with Crippen LogP contribution in [0.15, 0.2) is 0 Å². The second-order valence-electron chi connectivity index (χ2n) is 6.65. The minimum absolute atomic E-state index is 0.764. The summed E-state index contributed by atoms with van der Waals surface area (Å²) < 4.78 is 0. The van der Waals surface area contributed by atoms with E-state index >= 15 is 0 Å². The van der Waals surface area contributed by atoms with Crippen LogP contribution in [0.25, 0.3) is 0 Å². The molecule has 0 aromatic carbocycles. The molecule has 2 nitrogen and oxygen atoms in total. The van der Waals surface area contributed by atoms with Gasteiger partial charge in [0.25, 0.3) is 0 Å². The molecule has 0 spiro atoms. The zero-order valence-corrected chi connectivity index (χ0v) is 13.2. The van der Waals surface area contributed by atoms with E-state index in [1.54, 1.807) is 0 Å². The number of nitrogens with one attached hydrogen (secondary N) is 1. The zero-order valence-electron chi connectivity index (χ0n) is 13.2. The van der Waals surface area contributed by atoms with Crippen LogP contribution >= 0.6 is 0 Å². The minimum atomic E-state index is 0.764. The van der Waals surface area contributed by atoms with Crippen molar-refractivity contribution in [3.63, 3.8) is 0 Å². The maximum Gasteiger partial charge on any atom is 0.0249 e. The van der Waals surface area contributed by atoms with E-state index < -0.39 is 0 Å². The first-order chi connectivity index (χ1) is 9.35. The van der Waals surface area contributed by atoms with Gasteiger partial charge >= 0.3 is 0 Å². The summed E-state index contributed by atoms with van der Waals surface area (Å²) in [6.07, 6.45) is 12.7. The number of rotatable bonds is 5. The average molecular weight is 266 g/mol. The maximum atomic E-state index is 3.84. The Hall–Kier alpha value is -0.0800. The number of likely N-dealkylation sites (tertiary alicyclic amines) is 1. The van der Waals surface area contributed by atoms with Crippen LogP contribution in [0.1, 0.15) is 71.6 Å². The van der Waals surface area contributed by atoms with Gasteiger partial charge < -0.3 is 5.32 Å². The normalized spacial score (nSPS) is 31.3. The molecule has 0 aromatic rings. The lowest BCUT2D eigenvalue weighted by molar-refractivity contribution is 0.0999. The molecule has 2 unspecified atom stereocenters. The highest BCUT2D eigenvalue weighted by Crippen LogP contribution is 2.28. The van der Waals surface area contributed by atoms with Crippen LogP contribution in [0, 0.1) is 5.92 Å².